The van der Waals surface area contributed by atoms with Crippen LogP contribution in [-0.4, -0.2) is 32.8 Å². The number of halogens is 1. The number of likely N-dealkylation sites (tertiary alicyclic amines) is 1. The quantitative estimate of drug-likeness (QED) is 0.861. The van der Waals surface area contributed by atoms with Crippen molar-refractivity contribution in [3.63, 3.8) is 0 Å². The molecule has 6 heteroatoms. The zero-order valence-corrected chi connectivity index (χ0v) is 13.3. The number of thiophene rings is 1. The first-order chi connectivity index (χ1) is 9.22. The van der Waals surface area contributed by atoms with Crippen molar-refractivity contribution in [1.29, 1.82) is 0 Å². The van der Waals surface area contributed by atoms with E-state index in [0.29, 0.717) is 5.92 Å². The van der Waals surface area contributed by atoms with Crippen LogP contribution in [0.25, 0.3) is 0 Å². The molecule has 0 aromatic carbocycles. The number of hydrogen-bond donors (Lipinski definition) is 0. The fourth-order valence-electron chi connectivity index (χ4n) is 2.67. The largest absolute Gasteiger partial charge is 0.320 e. The molecule has 0 spiro atoms. The van der Waals surface area contributed by atoms with Crippen LogP contribution in [0.4, 0.5) is 0 Å². The molecule has 0 bridgehead atoms. The Bertz CT molecular complexity index is 542. The molecule has 102 valence electrons. The molecule has 3 rings (SSSR count). The molecule has 1 saturated heterocycles. The fourth-order valence-corrected chi connectivity index (χ4v) is 4.16. The predicted molar refractivity (Wildman–Crippen MR) is 80.3 cm³/mol. The lowest BCUT2D eigenvalue weighted by atomic mass is 9.96. The van der Waals surface area contributed by atoms with Crippen molar-refractivity contribution in [2.24, 2.45) is 7.05 Å². The van der Waals surface area contributed by atoms with Crippen LogP contribution in [0.1, 0.15) is 29.5 Å². The SMILES string of the molecule is Cn1cnnc1C1CCN(Cc2cc(Br)cs2)CC1. The van der Waals surface area contributed by atoms with Crippen molar-refractivity contribution in [1.82, 2.24) is 19.7 Å². The topological polar surface area (TPSA) is 34.0 Å². The second-order valence-corrected chi connectivity index (χ2v) is 6.99. The van der Waals surface area contributed by atoms with Crippen molar-refractivity contribution in [3.05, 3.63) is 32.9 Å². The Kier molecular flexibility index (Phi) is 4.00. The lowest BCUT2D eigenvalue weighted by molar-refractivity contribution is 0.202. The molecule has 0 saturated carbocycles. The predicted octanol–water partition coefficient (Wildman–Crippen LogP) is 3.02. The lowest BCUT2D eigenvalue weighted by Crippen LogP contribution is -2.32. The molecule has 0 aliphatic carbocycles. The molecule has 1 aliphatic rings. The van der Waals surface area contributed by atoms with Gasteiger partial charge in [0.05, 0.1) is 0 Å². The maximum atomic E-state index is 4.24. The third kappa shape index (κ3) is 3.07. The molecule has 0 unspecified atom stereocenters. The van der Waals surface area contributed by atoms with Gasteiger partial charge >= 0.3 is 0 Å². The fraction of sp³-hybridized carbons (Fsp3) is 0.538. The first-order valence-electron chi connectivity index (χ1n) is 6.51. The van der Waals surface area contributed by atoms with Gasteiger partial charge in [-0.1, -0.05) is 0 Å². The van der Waals surface area contributed by atoms with E-state index in [-0.39, 0.29) is 0 Å². The van der Waals surface area contributed by atoms with E-state index in [2.05, 4.69) is 47.0 Å². The molecular weight excluding hydrogens is 324 g/mol. The Labute approximate surface area is 125 Å². The monoisotopic (exact) mass is 340 g/mol. The van der Waals surface area contributed by atoms with Crippen molar-refractivity contribution in [2.45, 2.75) is 25.3 Å². The minimum atomic E-state index is 0.568. The summed E-state index contributed by atoms with van der Waals surface area (Å²) in [6.07, 6.45) is 4.16. The van der Waals surface area contributed by atoms with Gasteiger partial charge in [-0.15, -0.1) is 21.5 Å². The summed E-state index contributed by atoms with van der Waals surface area (Å²) >= 11 is 5.34. The van der Waals surface area contributed by atoms with Gasteiger partial charge in [0.25, 0.3) is 0 Å². The molecule has 1 aliphatic heterocycles. The number of rotatable bonds is 3. The van der Waals surface area contributed by atoms with Gasteiger partial charge in [0, 0.05) is 34.2 Å². The molecule has 0 N–H and O–H groups in total. The maximum Gasteiger partial charge on any atom is 0.135 e. The Morgan fingerprint density at radius 2 is 2.21 bits per heavy atom. The van der Waals surface area contributed by atoms with Crippen LogP contribution in [-0.2, 0) is 13.6 Å². The Morgan fingerprint density at radius 1 is 1.42 bits per heavy atom. The minimum Gasteiger partial charge on any atom is -0.320 e. The van der Waals surface area contributed by atoms with Gasteiger partial charge in [-0.05, 0) is 47.9 Å². The molecular formula is C13H17BrN4S. The standard InChI is InChI=1S/C13H17BrN4S/c1-17-9-15-16-13(17)10-2-4-18(5-3-10)7-12-6-11(14)8-19-12/h6,8-10H,2-5,7H2,1H3. The van der Waals surface area contributed by atoms with E-state index in [1.807, 2.05) is 18.4 Å². The van der Waals surface area contributed by atoms with Crippen LogP contribution in [0, 0.1) is 0 Å². The van der Waals surface area contributed by atoms with Crippen molar-refractivity contribution in [2.75, 3.05) is 13.1 Å². The molecule has 3 heterocycles. The highest BCUT2D eigenvalue weighted by molar-refractivity contribution is 9.10. The molecule has 0 atom stereocenters. The van der Waals surface area contributed by atoms with Crippen LogP contribution in [0.3, 0.4) is 0 Å². The van der Waals surface area contributed by atoms with Gasteiger partial charge < -0.3 is 4.57 Å². The van der Waals surface area contributed by atoms with Crippen LogP contribution in [0.5, 0.6) is 0 Å². The summed E-state index contributed by atoms with van der Waals surface area (Å²) in [5.74, 6) is 1.71. The maximum absolute atomic E-state index is 4.24. The number of hydrogen-bond acceptors (Lipinski definition) is 4. The average Bonchev–Trinajstić information content (AvgIpc) is 3.00. The van der Waals surface area contributed by atoms with Gasteiger partial charge in [0.2, 0.25) is 0 Å². The summed E-state index contributed by atoms with van der Waals surface area (Å²) in [4.78, 5) is 3.97. The Balaban J connectivity index is 1.56. The summed E-state index contributed by atoms with van der Waals surface area (Å²) in [7, 11) is 2.03. The molecule has 19 heavy (non-hydrogen) atoms. The molecule has 4 nitrogen and oxygen atoms in total. The van der Waals surface area contributed by atoms with E-state index in [1.165, 1.54) is 22.2 Å². The van der Waals surface area contributed by atoms with E-state index in [4.69, 9.17) is 0 Å². The molecule has 0 radical (unpaired) electrons. The normalized spacial score (nSPS) is 18.0. The van der Waals surface area contributed by atoms with E-state index in [1.54, 1.807) is 6.33 Å². The smallest absolute Gasteiger partial charge is 0.135 e. The van der Waals surface area contributed by atoms with Gasteiger partial charge in [-0.3, -0.25) is 4.90 Å². The van der Waals surface area contributed by atoms with E-state index < -0.39 is 0 Å². The van der Waals surface area contributed by atoms with Crippen molar-refractivity contribution >= 4 is 27.3 Å². The summed E-state index contributed by atoms with van der Waals surface area (Å²) in [6, 6.07) is 2.22. The summed E-state index contributed by atoms with van der Waals surface area (Å²) in [5, 5.41) is 10.4. The van der Waals surface area contributed by atoms with Crippen LogP contribution >= 0.6 is 27.3 Å². The zero-order valence-electron chi connectivity index (χ0n) is 10.9. The zero-order chi connectivity index (χ0) is 13.2. The summed E-state index contributed by atoms with van der Waals surface area (Å²) in [6.45, 7) is 3.36. The summed E-state index contributed by atoms with van der Waals surface area (Å²) in [5.41, 5.74) is 0. The second-order valence-electron chi connectivity index (χ2n) is 5.08. The van der Waals surface area contributed by atoms with Crippen molar-refractivity contribution < 1.29 is 0 Å². The van der Waals surface area contributed by atoms with Gasteiger partial charge in [-0.2, -0.15) is 0 Å². The third-order valence-electron chi connectivity index (χ3n) is 3.70. The first-order valence-corrected chi connectivity index (χ1v) is 8.19. The van der Waals surface area contributed by atoms with Crippen LogP contribution in [0.2, 0.25) is 0 Å². The van der Waals surface area contributed by atoms with Gasteiger partial charge in [0.15, 0.2) is 0 Å². The summed E-state index contributed by atoms with van der Waals surface area (Å²) < 4.78 is 3.25. The number of aryl methyl sites for hydroxylation is 1. The van der Waals surface area contributed by atoms with E-state index in [0.717, 1.165) is 25.5 Å². The second kappa shape index (κ2) is 5.73. The highest BCUT2D eigenvalue weighted by Gasteiger charge is 2.23. The Morgan fingerprint density at radius 3 is 2.79 bits per heavy atom. The number of nitrogens with zero attached hydrogens (tertiary/aromatic N) is 4. The van der Waals surface area contributed by atoms with Gasteiger partial charge in [-0.25, -0.2) is 0 Å². The van der Waals surface area contributed by atoms with Crippen LogP contribution < -0.4 is 0 Å². The lowest BCUT2D eigenvalue weighted by Gasteiger charge is -2.30. The molecule has 1 fully saturated rings. The minimum absolute atomic E-state index is 0.568. The third-order valence-corrected chi connectivity index (χ3v) is 5.38. The highest BCUT2D eigenvalue weighted by Crippen LogP contribution is 2.28. The Hall–Kier alpha value is -0.720. The molecule has 2 aromatic heterocycles. The average molecular weight is 341 g/mol. The van der Waals surface area contributed by atoms with Crippen LogP contribution in [0.15, 0.2) is 22.2 Å². The number of aromatic nitrogens is 3. The van der Waals surface area contributed by atoms with E-state index >= 15 is 0 Å². The molecule has 0 amide bonds. The van der Waals surface area contributed by atoms with Gasteiger partial charge in [0.1, 0.15) is 12.2 Å². The molecule has 2 aromatic rings. The van der Waals surface area contributed by atoms with Crippen molar-refractivity contribution in [3.8, 4) is 0 Å². The van der Waals surface area contributed by atoms with E-state index in [9.17, 15) is 0 Å². The number of piperidine rings is 1. The highest BCUT2D eigenvalue weighted by atomic mass is 79.9. The first kappa shape index (κ1) is 13.3.